The monoisotopic (exact) mass is 281 g/mol. The number of hydrogen-bond acceptors (Lipinski definition) is 1. The van der Waals surface area contributed by atoms with Crippen LogP contribution in [0.1, 0.15) is 43.4 Å². The average molecular weight is 282 g/mol. The topological polar surface area (TPSA) is 12.9 Å². The number of aromatic nitrogens is 1. The fourth-order valence-electron chi connectivity index (χ4n) is 2.48. The molecule has 1 aliphatic carbocycles. The fourth-order valence-corrected chi connectivity index (χ4v) is 3.34. The van der Waals surface area contributed by atoms with Gasteiger partial charge in [0, 0.05) is 23.1 Å². The molecule has 0 aliphatic heterocycles. The van der Waals surface area contributed by atoms with Crippen LogP contribution >= 0.6 is 15.9 Å². The highest BCUT2D eigenvalue weighted by molar-refractivity contribution is 9.09. The molecule has 1 saturated carbocycles. The Labute approximate surface area is 107 Å². The van der Waals surface area contributed by atoms with Crippen LogP contribution in [0.25, 0.3) is 0 Å². The summed E-state index contributed by atoms with van der Waals surface area (Å²) in [6.45, 7) is 2.09. The maximum Gasteiger partial charge on any atom is 0.0415 e. The van der Waals surface area contributed by atoms with E-state index in [2.05, 4.69) is 40.0 Å². The molecular weight excluding hydrogens is 262 g/mol. The molecule has 0 N–H and O–H groups in total. The van der Waals surface area contributed by atoms with Gasteiger partial charge in [-0.05, 0) is 37.3 Å². The van der Waals surface area contributed by atoms with Crippen LogP contribution in [0.5, 0.6) is 0 Å². The van der Waals surface area contributed by atoms with Crippen molar-refractivity contribution in [2.45, 2.75) is 50.3 Å². The third-order valence-electron chi connectivity index (χ3n) is 3.54. The molecule has 2 heteroatoms. The van der Waals surface area contributed by atoms with Crippen molar-refractivity contribution >= 4 is 15.9 Å². The van der Waals surface area contributed by atoms with Crippen LogP contribution in [0.3, 0.4) is 0 Å². The summed E-state index contributed by atoms with van der Waals surface area (Å²) in [5.41, 5.74) is 2.46. The molecule has 0 saturated heterocycles. The van der Waals surface area contributed by atoms with Crippen molar-refractivity contribution in [1.29, 1.82) is 0 Å². The highest BCUT2D eigenvalue weighted by Gasteiger charge is 2.21. The summed E-state index contributed by atoms with van der Waals surface area (Å²) in [5, 5.41) is 0. The zero-order chi connectivity index (χ0) is 11.4. The van der Waals surface area contributed by atoms with Crippen molar-refractivity contribution in [3.8, 4) is 0 Å². The second kappa shape index (κ2) is 5.81. The predicted molar refractivity (Wildman–Crippen MR) is 72.0 cm³/mol. The van der Waals surface area contributed by atoms with Crippen molar-refractivity contribution in [2.75, 3.05) is 0 Å². The molecule has 2 rings (SSSR count). The lowest BCUT2D eigenvalue weighted by atomic mass is 9.85. The van der Waals surface area contributed by atoms with Crippen LogP contribution < -0.4 is 0 Å². The van der Waals surface area contributed by atoms with E-state index in [0.29, 0.717) is 4.83 Å². The summed E-state index contributed by atoms with van der Waals surface area (Å²) in [6.07, 6.45) is 10.1. The van der Waals surface area contributed by atoms with Gasteiger partial charge in [0.25, 0.3) is 0 Å². The van der Waals surface area contributed by atoms with Crippen LogP contribution in [-0.2, 0) is 6.42 Å². The second-order valence-corrected chi connectivity index (χ2v) is 6.12. The molecule has 16 heavy (non-hydrogen) atoms. The molecule has 1 atom stereocenters. The minimum atomic E-state index is 0.614. The molecule has 1 unspecified atom stereocenters. The van der Waals surface area contributed by atoms with E-state index in [1.54, 1.807) is 0 Å². The Bertz CT molecular complexity index is 314. The Morgan fingerprint density at radius 1 is 1.31 bits per heavy atom. The largest absolute Gasteiger partial charge is 0.261 e. The third kappa shape index (κ3) is 3.31. The van der Waals surface area contributed by atoms with Gasteiger partial charge >= 0.3 is 0 Å². The van der Waals surface area contributed by atoms with E-state index in [4.69, 9.17) is 0 Å². The lowest BCUT2D eigenvalue weighted by molar-refractivity contribution is 0.350. The lowest BCUT2D eigenvalue weighted by Crippen LogP contribution is -2.20. The molecule has 0 spiro atoms. The molecule has 0 amide bonds. The number of nitrogens with zero attached hydrogens (tertiary/aromatic N) is 1. The van der Waals surface area contributed by atoms with E-state index in [-0.39, 0.29) is 0 Å². The molecule has 1 aromatic heterocycles. The smallest absolute Gasteiger partial charge is 0.0415 e. The maximum atomic E-state index is 4.48. The summed E-state index contributed by atoms with van der Waals surface area (Å²) in [6, 6.07) is 4.31. The quantitative estimate of drug-likeness (QED) is 0.754. The Kier molecular flexibility index (Phi) is 4.39. The van der Waals surface area contributed by atoms with Gasteiger partial charge in [-0.15, -0.1) is 0 Å². The number of halogens is 1. The average Bonchev–Trinajstić information content (AvgIpc) is 2.33. The SMILES string of the molecule is Cc1ccc(CC(Br)C2CCCCC2)nc1. The van der Waals surface area contributed by atoms with Crippen molar-refractivity contribution in [3.05, 3.63) is 29.6 Å². The van der Waals surface area contributed by atoms with Gasteiger partial charge in [0.1, 0.15) is 0 Å². The van der Waals surface area contributed by atoms with Crippen LogP contribution in [0.2, 0.25) is 0 Å². The Morgan fingerprint density at radius 3 is 2.69 bits per heavy atom. The highest BCUT2D eigenvalue weighted by atomic mass is 79.9. The predicted octanol–water partition coefficient (Wildman–Crippen LogP) is 4.28. The molecule has 1 nitrogen and oxygen atoms in total. The molecule has 1 heterocycles. The Balaban J connectivity index is 1.90. The zero-order valence-corrected chi connectivity index (χ0v) is 11.5. The number of pyridine rings is 1. The molecule has 0 aromatic carbocycles. The van der Waals surface area contributed by atoms with E-state index in [1.165, 1.54) is 43.4 Å². The summed E-state index contributed by atoms with van der Waals surface area (Å²) < 4.78 is 0. The lowest BCUT2D eigenvalue weighted by Gasteiger charge is -2.26. The number of hydrogen-bond donors (Lipinski definition) is 0. The standard InChI is InChI=1S/C14H20BrN/c1-11-7-8-13(16-10-11)9-14(15)12-5-3-2-4-6-12/h7-8,10,12,14H,2-6,9H2,1H3. The first kappa shape index (κ1) is 12.1. The van der Waals surface area contributed by atoms with Crippen LogP contribution in [0.15, 0.2) is 18.3 Å². The van der Waals surface area contributed by atoms with E-state index >= 15 is 0 Å². The van der Waals surface area contributed by atoms with Gasteiger partial charge in [-0.3, -0.25) is 4.98 Å². The summed E-state index contributed by atoms with van der Waals surface area (Å²) >= 11 is 3.85. The molecule has 88 valence electrons. The molecule has 1 aliphatic rings. The van der Waals surface area contributed by atoms with Gasteiger partial charge in [-0.25, -0.2) is 0 Å². The molecule has 1 fully saturated rings. The fraction of sp³-hybridized carbons (Fsp3) is 0.643. The summed E-state index contributed by atoms with van der Waals surface area (Å²) in [7, 11) is 0. The van der Waals surface area contributed by atoms with Gasteiger partial charge < -0.3 is 0 Å². The summed E-state index contributed by atoms with van der Waals surface area (Å²) in [4.78, 5) is 5.10. The van der Waals surface area contributed by atoms with Crippen LogP contribution in [-0.4, -0.2) is 9.81 Å². The third-order valence-corrected chi connectivity index (χ3v) is 4.61. The van der Waals surface area contributed by atoms with Gasteiger partial charge in [0.05, 0.1) is 0 Å². The normalized spacial score (nSPS) is 19.6. The Hall–Kier alpha value is -0.370. The first-order chi connectivity index (χ1) is 7.75. The van der Waals surface area contributed by atoms with Gasteiger partial charge in [0.2, 0.25) is 0 Å². The number of aryl methyl sites for hydroxylation is 1. The van der Waals surface area contributed by atoms with Crippen molar-refractivity contribution in [1.82, 2.24) is 4.98 Å². The first-order valence-electron chi connectivity index (χ1n) is 6.31. The van der Waals surface area contributed by atoms with E-state index < -0.39 is 0 Å². The maximum absolute atomic E-state index is 4.48. The minimum absolute atomic E-state index is 0.614. The second-order valence-electron chi connectivity index (χ2n) is 4.95. The zero-order valence-electron chi connectivity index (χ0n) is 9.95. The van der Waals surface area contributed by atoms with Gasteiger partial charge in [-0.2, -0.15) is 0 Å². The number of rotatable bonds is 3. The summed E-state index contributed by atoms with van der Waals surface area (Å²) in [5.74, 6) is 0.858. The van der Waals surface area contributed by atoms with E-state index in [9.17, 15) is 0 Å². The number of alkyl halides is 1. The molecule has 0 radical (unpaired) electrons. The molecule has 1 aromatic rings. The van der Waals surface area contributed by atoms with Crippen molar-refractivity contribution in [2.24, 2.45) is 5.92 Å². The molecular formula is C14H20BrN. The van der Waals surface area contributed by atoms with Crippen LogP contribution in [0, 0.1) is 12.8 Å². The van der Waals surface area contributed by atoms with Crippen molar-refractivity contribution < 1.29 is 0 Å². The van der Waals surface area contributed by atoms with E-state index in [1.807, 2.05) is 6.20 Å². The van der Waals surface area contributed by atoms with Crippen molar-refractivity contribution in [3.63, 3.8) is 0 Å². The first-order valence-corrected chi connectivity index (χ1v) is 7.23. The Morgan fingerprint density at radius 2 is 2.06 bits per heavy atom. The van der Waals surface area contributed by atoms with Crippen LogP contribution in [0.4, 0.5) is 0 Å². The minimum Gasteiger partial charge on any atom is -0.261 e. The van der Waals surface area contributed by atoms with Gasteiger partial charge in [-0.1, -0.05) is 41.3 Å². The van der Waals surface area contributed by atoms with E-state index in [0.717, 1.165) is 12.3 Å². The highest BCUT2D eigenvalue weighted by Crippen LogP contribution is 2.31. The molecule has 0 bridgehead atoms. The van der Waals surface area contributed by atoms with Gasteiger partial charge in [0.15, 0.2) is 0 Å².